The van der Waals surface area contributed by atoms with Gasteiger partial charge in [-0.15, -0.1) is 0 Å². The van der Waals surface area contributed by atoms with E-state index in [1.54, 1.807) is 30.3 Å². The zero-order valence-corrected chi connectivity index (χ0v) is 17.7. The standard InChI is InChI=1S/C24H19F8NO2/c25-22(26,24(30,31)32)17-8-4-6-15(12-17)21(33-14-20(34)23(27,28)29)16-7-5-11-19(13-16)35-18-9-2-1-3-10-18/h1-13,20-21,33-34H,14H2. The van der Waals surface area contributed by atoms with Crippen LogP contribution in [0.5, 0.6) is 11.5 Å². The summed E-state index contributed by atoms with van der Waals surface area (Å²) in [6, 6.07) is 16.3. The number of nitrogens with one attached hydrogen (secondary N) is 1. The van der Waals surface area contributed by atoms with Crippen LogP contribution in [0.15, 0.2) is 78.9 Å². The molecule has 3 nitrogen and oxygen atoms in total. The highest BCUT2D eigenvalue weighted by Crippen LogP contribution is 2.44. The topological polar surface area (TPSA) is 41.5 Å². The highest BCUT2D eigenvalue weighted by molar-refractivity contribution is 5.40. The van der Waals surface area contributed by atoms with Gasteiger partial charge < -0.3 is 15.2 Å². The first kappa shape index (κ1) is 26.4. The predicted molar refractivity (Wildman–Crippen MR) is 111 cm³/mol. The highest BCUT2D eigenvalue weighted by Gasteiger charge is 2.58. The Morgan fingerprint density at radius 3 is 1.89 bits per heavy atom. The number of para-hydroxylation sites is 1. The maximum absolute atomic E-state index is 13.9. The Kier molecular flexibility index (Phi) is 7.71. The molecule has 3 aromatic carbocycles. The van der Waals surface area contributed by atoms with Crippen LogP contribution in [0.3, 0.4) is 0 Å². The molecule has 2 atom stereocenters. The third kappa shape index (κ3) is 6.49. The molecule has 3 aromatic rings. The van der Waals surface area contributed by atoms with Crippen molar-refractivity contribution < 1.29 is 45.0 Å². The Hall–Kier alpha value is -3.18. The number of alkyl halides is 8. The summed E-state index contributed by atoms with van der Waals surface area (Å²) in [5, 5.41) is 11.8. The fraction of sp³-hybridized carbons (Fsp3) is 0.250. The fourth-order valence-electron chi connectivity index (χ4n) is 3.23. The Labute approximate surface area is 195 Å². The first-order valence-electron chi connectivity index (χ1n) is 10.1. The highest BCUT2D eigenvalue weighted by atomic mass is 19.4. The third-order valence-corrected chi connectivity index (χ3v) is 5.00. The number of hydrogen-bond acceptors (Lipinski definition) is 3. The summed E-state index contributed by atoms with van der Waals surface area (Å²) in [6.45, 7) is -1.04. The van der Waals surface area contributed by atoms with E-state index in [2.05, 4.69) is 5.32 Å². The van der Waals surface area contributed by atoms with E-state index >= 15 is 0 Å². The van der Waals surface area contributed by atoms with Crippen LogP contribution in [0.25, 0.3) is 0 Å². The normalized spacial score (nSPS) is 14.4. The monoisotopic (exact) mass is 505 g/mol. The van der Waals surface area contributed by atoms with Crippen LogP contribution >= 0.6 is 0 Å². The Bertz CT molecular complexity index is 1120. The zero-order valence-electron chi connectivity index (χ0n) is 17.7. The lowest BCUT2D eigenvalue weighted by atomic mass is 9.95. The van der Waals surface area contributed by atoms with Gasteiger partial charge in [0.25, 0.3) is 0 Å². The average Bonchev–Trinajstić information content (AvgIpc) is 2.79. The number of ether oxygens (including phenoxy) is 1. The second kappa shape index (κ2) is 10.2. The number of hydrogen-bond donors (Lipinski definition) is 2. The first-order valence-corrected chi connectivity index (χ1v) is 10.1. The molecular weight excluding hydrogens is 486 g/mol. The van der Waals surface area contributed by atoms with E-state index in [9.17, 15) is 40.2 Å². The molecular formula is C24H19F8NO2. The summed E-state index contributed by atoms with van der Waals surface area (Å²) < 4.78 is 111. The van der Waals surface area contributed by atoms with E-state index in [0.717, 1.165) is 6.07 Å². The van der Waals surface area contributed by atoms with Crippen LogP contribution in [0, 0.1) is 0 Å². The molecule has 0 aromatic heterocycles. The van der Waals surface area contributed by atoms with Gasteiger partial charge in [-0.25, -0.2) is 0 Å². The zero-order chi connectivity index (χ0) is 25.9. The summed E-state index contributed by atoms with van der Waals surface area (Å²) >= 11 is 0. The van der Waals surface area contributed by atoms with Crippen molar-refractivity contribution in [3.8, 4) is 11.5 Å². The summed E-state index contributed by atoms with van der Waals surface area (Å²) in [5.74, 6) is -4.50. The quantitative estimate of drug-likeness (QED) is 0.334. The lowest BCUT2D eigenvalue weighted by Crippen LogP contribution is -2.40. The van der Waals surface area contributed by atoms with Gasteiger partial charge in [0.15, 0.2) is 6.10 Å². The molecule has 3 rings (SSSR count). The van der Waals surface area contributed by atoms with Crippen molar-refractivity contribution in [3.05, 3.63) is 95.6 Å². The Morgan fingerprint density at radius 1 is 0.714 bits per heavy atom. The average molecular weight is 505 g/mol. The smallest absolute Gasteiger partial charge is 0.457 e. The van der Waals surface area contributed by atoms with Crippen LogP contribution in [-0.2, 0) is 5.92 Å². The molecule has 2 N–H and O–H groups in total. The van der Waals surface area contributed by atoms with E-state index in [0.29, 0.717) is 17.9 Å². The minimum atomic E-state index is -5.87. The maximum Gasteiger partial charge on any atom is 0.458 e. The van der Waals surface area contributed by atoms with E-state index in [1.165, 1.54) is 30.3 Å². The van der Waals surface area contributed by atoms with Crippen LogP contribution in [-0.4, -0.2) is 30.1 Å². The van der Waals surface area contributed by atoms with Crippen molar-refractivity contribution in [1.29, 1.82) is 0 Å². The molecule has 0 amide bonds. The number of aliphatic hydroxyl groups excluding tert-OH is 1. The molecule has 0 saturated heterocycles. The summed E-state index contributed by atoms with van der Waals surface area (Å²) in [4.78, 5) is 0. The van der Waals surface area contributed by atoms with Gasteiger partial charge in [0, 0.05) is 12.1 Å². The van der Waals surface area contributed by atoms with Crippen molar-refractivity contribution >= 4 is 0 Å². The van der Waals surface area contributed by atoms with Gasteiger partial charge >= 0.3 is 18.3 Å². The molecule has 0 fully saturated rings. The van der Waals surface area contributed by atoms with Gasteiger partial charge in [0.05, 0.1) is 6.04 Å². The molecule has 0 aliphatic carbocycles. The molecule has 0 aliphatic heterocycles. The predicted octanol–water partition coefficient (Wildman–Crippen LogP) is 6.74. The van der Waals surface area contributed by atoms with Crippen molar-refractivity contribution in [2.45, 2.75) is 30.4 Å². The number of aliphatic hydroxyl groups is 1. The second-order valence-electron chi connectivity index (χ2n) is 7.58. The molecule has 0 spiro atoms. The van der Waals surface area contributed by atoms with Crippen LogP contribution in [0.2, 0.25) is 0 Å². The molecule has 35 heavy (non-hydrogen) atoms. The van der Waals surface area contributed by atoms with Gasteiger partial charge in [-0.3, -0.25) is 0 Å². The molecule has 0 bridgehead atoms. The molecule has 188 valence electrons. The Morgan fingerprint density at radius 2 is 1.29 bits per heavy atom. The minimum Gasteiger partial charge on any atom is -0.457 e. The van der Waals surface area contributed by atoms with E-state index in [-0.39, 0.29) is 16.9 Å². The summed E-state index contributed by atoms with van der Waals surface area (Å²) in [6.07, 6.45) is -13.6. The fourth-order valence-corrected chi connectivity index (χ4v) is 3.23. The van der Waals surface area contributed by atoms with Crippen molar-refractivity contribution in [2.24, 2.45) is 0 Å². The Balaban J connectivity index is 2.00. The minimum absolute atomic E-state index is 0.169. The lowest BCUT2D eigenvalue weighted by Gasteiger charge is -2.25. The van der Waals surface area contributed by atoms with Crippen LogP contribution in [0.1, 0.15) is 22.7 Å². The SMILES string of the molecule is OC(CNC(c1cccc(Oc2ccccc2)c1)c1cccc(C(F)(F)C(F)(F)F)c1)C(F)(F)F. The van der Waals surface area contributed by atoms with E-state index in [4.69, 9.17) is 4.74 Å². The van der Waals surface area contributed by atoms with Gasteiger partial charge in [0.1, 0.15) is 11.5 Å². The first-order chi connectivity index (χ1) is 16.3. The second-order valence-corrected chi connectivity index (χ2v) is 7.58. The molecule has 0 saturated carbocycles. The van der Waals surface area contributed by atoms with Gasteiger partial charge in [0.2, 0.25) is 0 Å². The van der Waals surface area contributed by atoms with Crippen LogP contribution in [0.4, 0.5) is 35.1 Å². The van der Waals surface area contributed by atoms with Crippen LogP contribution < -0.4 is 10.1 Å². The number of benzene rings is 3. The maximum atomic E-state index is 13.9. The van der Waals surface area contributed by atoms with Crippen molar-refractivity contribution in [1.82, 2.24) is 5.32 Å². The van der Waals surface area contributed by atoms with Gasteiger partial charge in [-0.05, 0) is 41.5 Å². The van der Waals surface area contributed by atoms with Crippen molar-refractivity contribution in [3.63, 3.8) is 0 Å². The third-order valence-electron chi connectivity index (χ3n) is 5.00. The molecule has 2 unspecified atom stereocenters. The largest absolute Gasteiger partial charge is 0.458 e. The van der Waals surface area contributed by atoms with E-state index < -0.39 is 42.5 Å². The molecule has 0 heterocycles. The van der Waals surface area contributed by atoms with Crippen molar-refractivity contribution in [2.75, 3.05) is 6.54 Å². The molecule has 0 radical (unpaired) electrons. The van der Waals surface area contributed by atoms with Gasteiger partial charge in [-0.2, -0.15) is 35.1 Å². The van der Waals surface area contributed by atoms with E-state index in [1.807, 2.05) is 0 Å². The van der Waals surface area contributed by atoms with Gasteiger partial charge in [-0.1, -0.05) is 48.5 Å². The molecule has 11 heteroatoms. The molecule has 0 aliphatic rings. The summed E-state index contributed by atoms with van der Waals surface area (Å²) in [7, 11) is 0. The number of rotatable bonds is 8. The summed E-state index contributed by atoms with van der Waals surface area (Å²) in [5.41, 5.74) is -1.33. The lowest BCUT2D eigenvalue weighted by molar-refractivity contribution is -0.289. The number of halogens is 8.